The number of nitrogens with two attached hydrogens (primary N) is 1. The second kappa shape index (κ2) is 3.55. The summed E-state index contributed by atoms with van der Waals surface area (Å²) in [5.41, 5.74) is 7.02. The molecular formula is C10H15N3O. The molecule has 2 heterocycles. The van der Waals surface area contributed by atoms with Crippen LogP contribution in [0, 0.1) is 6.92 Å². The molecule has 0 amide bonds. The van der Waals surface area contributed by atoms with E-state index < -0.39 is 0 Å². The summed E-state index contributed by atoms with van der Waals surface area (Å²) in [6, 6.07) is 3.56. The van der Waals surface area contributed by atoms with Gasteiger partial charge in [0, 0.05) is 31.4 Å². The Hall–Kier alpha value is -1.13. The SMILES string of the molecule is Cc1ccc(=O)n(C2CNCC2N)c1. The van der Waals surface area contributed by atoms with Crippen molar-refractivity contribution in [2.45, 2.75) is 19.0 Å². The van der Waals surface area contributed by atoms with Crippen LogP contribution in [0.15, 0.2) is 23.1 Å². The van der Waals surface area contributed by atoms with Gasteiger partial charge in [0.1, 0.15) is 0 Å². The molecule has 2 unspecified atom stereocenters. The predicted octanol–water partition coefficient (Wildman–Crippen LogP) is -0.372. The zero-order chi connectivity index (χ0) is 10.1. The van der Waals surface area contributed by atoms with Crippen molar-refractivity contribution in [1.82, 2.24) is 9.88 Å². The van der Waals surface area contributed by atoms with E-state index >= 15 is 0 Å². The molecule has 2 atom stereocenters. The highest BCUT2D eigenvalue weighted by Gasteiger charge is 2.25. The standard InChI is InChI=1S/C10H15N3O/c1-7-2-3-10(14)13(6-7)9-5-12-4-8(9)11/h2-3,6,8-9,12H,4-5,11H2,1H3. The molecule has 4 heteroatoms. The maximum atomic E-state index is 11.6. The lowest BCUT2D eigenvalue weighted by Crippen LogP contribution is -2.36. The zero-order valence-electron chi connectivity index (χ0n) is 8.23. The summed E-state index contributed by atoms with van der Waals surface area (Å²) >= 11 is 0. The summed E-state index contributed by atoms with van der Waals surface area (Å²) in [6.45, 7) is 3.54. The Morgan fingerprint density at radius 1 is 1.50 bits per heavy atom. The molecule has 0 aromatic carbocycles. The van der Waals surface area contributed by atoms with Crippen molar-refractivity contribution in [3.63, 3.8) is 0 Å². The average molecular weight is 193 g/mol. The number of nitrogens with zero attached hydrogens (tertiary/aromatic N) is 1. The van der Waals surface area contributed by atoms with E-state index in [1.807, 2.05) is 19.2 Å². The topological polar surface area (TPSA) is 60.0 Å². The van der Waals surface area contributed by atoms with Gasteiger partial charge in [-0.3, -0.25) is 4.79 Å². The number of aromatic nitrogens is 1. The minimum Gasteiger partial charge on any atom is -0.325 e. The molecule has 0 bridgehead atoms. The van der Waals surface area contributed by atoms with E-state index in [2.05, 4.69) is 5.32 Å². The molecule has 1 aliphatic rings. The van der Waals surface area contributed by atoms with Crippen LogP contribution in [0.3, 0.4) is 0 Å². The minimum atomic E-state index is 0.0275. The molecule has 0 saturated carbocycles. The van der Waals surface area contributed by atoms with Crippen LogP contribution < -0.4 is 16.6 Å². The molecule has 76 valence electrons. The third kappa shape index (κ3) is 1.58. The summed E-state index contributed by atoms with van der Waals surface area (Å²) in [5, 5.41) is 3.18. The second-order valence-electron chi connectivity index (χ2n) is 3.84. The lowest BCUT2D eigenvalue weighted by Gasteiger charge is -2.17. The summed E-state index contributed by atoms with van der Waals surface area (Å²) in [6.07, 6.45) is 1.87. The van der Waals surface area contributed by atoms with Crippen LogP contribution in [0.25, 0.3) is 0 Å². The van der Waals surface area contributed by atoms with Gasteiger partial charge < -0.3 is 15.6 Å². The van der Waals surface area contributed by atoms with Crippen molar-refractivity contribution in [3.05, 3.63) is 34.2 Å². The number of nitrogens with one attached hydrogen (secondary N) is 1. The molecule has 2 rings (SSSR count). The number of aryl methyl sites for hydroxylation is 1. The number of pyridine rings is 1. The van der Waals surface area contributed by atoms with Gasteiger partial charge >= 0.3 is 0 Å². The van der Waals surface area contributed by atoms with Crippen molar-refractivity contribution < 1.29 is 0 Å². The highest BCUT2D eigenvalue weighted by atomic mass is 16.1. The first-order chi connectivity index (χ1) is 6.68. The third-order valence-corrected chi connectivity index (χ3v) is 2.67. The maximum absolute atomic E-state index is 11.6. The van der Waals surface area contributed by atoms with Crippen molar-refractivity contribution >= 4 is 0 Å². The predicted molar refractivity (Wildman–Crippen MR) is 55.3 cm³/mol. The van der Waals surface area contributed by atoms with E-state index in [1.165, 1.54) is 0 Å². The molecule has 3 N–H and O–H groups in total. The Bertz CT molecular complexity index is 385. The summed E-state index contributed by atoms with van der Waals surface area (Å²) in [4.78, 5) is 11.6. The number of hydrogen-bond acceptors (Lipinski definition) is 3. The lowest BCUT2D eigenvalue weighted by atomic mass is 10.1. The Morgan fingerprint density at radius 2 is 2.29 bits per heavy atom. The molecule has 4 nitrogen and oxygen atoms in total. The first-order valence-electron chi connectivity index (χ1n) is 4.83. The van der Waals surface area contributed by atoms with E-state index in [1.54, 1.807) is 10.6 Å². The summed E-state index contributed by atoms with van der Waals surface area (Å²) in [7, 11) is 0. The van der Waals surface area contributed by atoms with Crippen LogP contribution >= 0.6 is 0 Å². The minimum absolute atomic E-state index is 0.0275. The van der Waals surface area contributed by atoms with Gasteiger partial charge in [-0.25, -0.2) is 0 Å². The molecule has 14 heavy (non-hydrogen) atoms. The van der Waals surface area contributed by atoms with Crippen molar-refractivity contribution in [2.75, 3.05) is 13.1 Å². The lowest BCUT2D eigenvalue weighted by molar-refractivity contribution is 0.476. The summed E-state index contributed by atoms with van der Waals surface area (Å²) in [5.74, 6) is 0. The van der Waals surface area contributed by atoms with Crippen LogP contribution in [-0.4, -0.2) is 23.7 Å². The van der Waals surface area contributed by atoms with Crippen molar-refractivity contribution in [3.8, 4) is 0 Å². The van der Waals surface area contributed by atoms with E-state index in [-0.39, 0.29) is 17.6 Å². The van der Waals surface area contributed by atoms with E-state index in [9.17, 15) is 4.79 Å². The quantitative estimate of drug-likeness (QED) is 0.639. The molecule has 1 aromatic heterocycles. The largest absolute Gasteiger partial charge is 0.325 e. The average Bonchev–Trinajstić information content (AvgIpc) is 2.56. The smallest absolute Gasteiger partial charge is 0.250 e. The molecule has 1 saturated heterocycles. The van der Waals surface area contributed by atoms with Gasteiger partial charge in [-0.05, 0) is 12.5 Å². The van der Waals surface area contributed by atoms with Gasteiger partial charge in [0.2, 0.25) is 0 Å². The zero-order valence-corrected chi connectivity index (χ0v) is 8.23. The van der Waals surface area contributed by atoms with Crippen LogP contribution in [0.1, 0.15) is 11.6 Å². The van der Waals surface area contributed by atoms with Gasteiger partial charge in [-0.2, -0.15) is 0 Å². The van der Waals surface area contributed by atoms with Gasteiger partial charge in [-0.1, -0.05) is 6.07 Å². The Kier molecular flexibility index (Phi) is 2.39. The Morgan fingerprint density at radius 3 is 2.93 bits per heavy atom. The fourth-order valence-electron chi connectivity index (χ4n) is 1.86. The van der Waals surface area contributed by atoms with E-state index in [0.29, 0.717) is 0 Å². The molecular weight excluding hydrogens is 178 g/mol. The molecule has 0 aliphatic carbocycles. The Labute approximate surface area is 82.7 Å². The van der Waals surface area contributed by atoms with E-state index in [0.717, 1.165) is 18.7 Å². The molecule has 0 radical (unpaired) electrons. The number of rotatable bonds is 1. The van der Waals surface area contributed by atoms with Crippen molar-refractivity contribution in [1.29, 1.82) is 0 Å². The Balaban J connectivity index is 2.40. The fraction of sp³-hybridized carbons (Fsp3) is 0.500. The first-order valence-corrected chi connectivity index (χ1v) is 4.83. The van der Waals surface area contributed by atoms with Crippen LogP contribution in [-0.2, 0) is 0 Å². The highest BCUT2D eigenvalue weighted by Crippen LogP contribution is 2.12. The van der Waals surface area contributed by atoms with E-state index in [4.69, 9.17) is 5.73 Å². The van der Waals surface area contributed by atoms with Gasteiger partial charge in [-0.15, -0.1) is 0 Å². The third-order valence-electron chi connectivity index (χ3n) is 2.67. The van der Waals surface area contributed by atoms with Gasteiger partial charge in [0.15, 0.2) is 0 Å². The van der Waals surface area contributed by atoms with Crippen LogP contribution in [0.4, 0.5) is 0 Å². The molecule has 1 aromatic rings. The normalized spacial score (nSPS) is 26.7. The monoisotopic (exact) mass is 193 g/mol. The molecule has 1 aliphatic heterocycles. The molecule has 0 spiro atoms. The van der Waals surface area contributed by atoms with Crippen molar-refractivity contribution in [2.24, 2.45) is 5.73 Å². The van der Waals surface area contributed by atoms with Crippen LogP contribution in [0.2, 0.25) is 0 Å². The van der Waals surface area contributed by atoms with Crippen LogP contribution in [0.5, 0.6) is 0 Å². The second-order valence-corrected chi connectivity index (χ2v) is 3.84. The maximum Gasteiger partial charge on any atom is 0.250 e. The highest BCUT2D eigenvalue weighted by molar-refractivity contribution is 5.09. The van der Waals surface area contributed by atoms with Gasteiger partial charge in [0.05, 0.1) is 6.04 Å². The first kappa shape index (κ1) is 9.43. The molecule has 1 fully saturated rings. The summed E-state index contributed by atoms with van der Waals surface area (Å²) < 4.78 is 1.74. The van der Waals surface area contributed by atoms with Gasteiger partial charge in [0.25, 0.3) is 5.56 Å². The fourth-order valence-corrected chi connectivity index (χ4v) is 1.86. The number of hydrogen-bond donors (Lipinski definition) is 2.